The SMILES string of the molecule is Cc1ccc(NC(=O)COc2cccc(NC(=O)C3CC3)c2)cc1Br. The van der Waals surface area contributed by atoms with E-state index in [0.717, 1.165) is 22.9 Å². The van der Waals surface area contributed by atoms with E-state index in [4.69, 9.17) is 4.74 Å². The molecule has 3 rings (SSSR count). The molecule has 6 heteroatoms. The summed E-state index contributed by atoms with van der Waals surface area (Å²) in [6.45, 7) is 1.87. The summed E-state index contributed by atoms with van der Waals surface area (Å²) in [6, 6.07) is 12.7. The summed E-state index contributed by atoms with van der Waals surface area (Å²) in [7, 11) is 0. The van der Waals surface area contributed by atoms with Crippen molar-refractivity contribution in [2.75, 3.05) is 17.2 Å². The normalized spacial score (nSPS) is 13.2. The number of ether oxygens (including phenoxy) is 1. The third-order valence-corrected chi connectivity index (χ3v) is 4.73. The molecule has 0 saturated heterocycles. The lowest BCUT2D eigenvalue weighted by Gasteiger charge is -2.10. The number of amides is 2. The maximum absolute atomic E-state index is 12.0. The Labute approximate surface area is 154 Å². The molecular weight excluding hydrogens is 384 g/mol. The van der Waals surface area contributed by atoms with Gasteiger partial charge >= 0.3 is 0 Å². The van der Waals surface area contributed by atoms with Gasteiger partial charge in [0.1, 0.15) is 5.75 Å². The molecule has 1 saturated carbocycles. The maximum Gasteiger partial charge on any atom is 0.262 e. The molecule has 2 aromatic rings. The van der Waals surface area contributed by atoms with Gasteiger partial charge in [-0.2, -0.15) is 0 Å². The van der Waals surface area contributed by atoms with Crippen LogP contribution in [0.3, 0.4) is 0 Å². The van der Waals surface area contributed by atoms with Crippen molar-refractivity contribution in [3.63, 3.8) is 0 Å². The zero-order chi connectivity index (χ0) is 17.8. The molecule has 0 atom stereocenters. The molecule has 2 aromatic carbocycles. The average molecular weight is 403 g/mol. The molecule has 5 nitrogen and oxygen atoms in total. The van der Waals surface area contributed by atoms with Crippen molar-refractivity contribution in [3.8, 4) is 5.75 Å². The highest BCUT2D eigenvalue weighted by Crippen LogP contribution is 2.30. The standard InChI is InChI=1S/C19H19BrN2O3/c1-12-5-8-15(10-17(12)20)21-18(23)11-25-16-4-2-3-14(9-16)22-19(24)13-6-7-13/h2-5,8-10,13H,6-7,11H2,1H3,(H,21,23)(H,22,24). The van der Waals surface area contributed by atoms with E-state index < -0.39 is 0 Å². The number of carbonyl (C=O) groups is 2. The van der Waals surface area contributed by atoms with Crippen LogP contribution in [-0.4, -0.2) is 18.4 Å². The number of hydrogen-bond donors (Lipinski definition) is 2. The summed E-state index contributed by atoms with van der Waals surface area (Å²) in [5.74, 6) is 0.473. The fourth-order valence-corrected chi connectivity index (χ4v) is 2.65. The quantitative estimate of drug-likeness (QED) is 0.763. The van der Waals surface area contributed by atoms with E-state index in [9.17, 15) is 9.59 Å². The first-order chi connectivity index (χ1) is 12.0. The molecule has 0 unspecified atom stereocenters. The lowest BCUT2D eigenvalue weighted by Crippen LogP contribution is -2.20. The van der Waals surface area contributed by atoms with Crippen LogP contribution in [0.1, 0.15) is 18.4 Å². The first-order valence-corrected chi connectivity index (χ1v) is 8.90. The van der Waals surface area contributed by atoms with Crippen molar-refractivity contribution < 1.29 is 14.3 Å². The van der Waals surface area contributed by atoms with Crippen molar-refractivity contribution in [3.05, 3.63) is 52.5 Å². The molecule has 0 aromatic heterocycles. The molecule has 1 fully saturated rings. The largest absolute Gasteiger partial charge is 0.484 e. The Balaban J connectivity index is 1.52. The predicted octanol–water partition coefficient (Wildman–Crippen LogP) is 4.12. The maximum atomic E-state index is 12.0. The van der Waals surface area contributed by atoms with Gasteiger partial charge in [-0.1, -0.05) is 28.1 Å². The molecule has 2 N–H and O–H groups in total. The summed E-state index contributed by atoms with van der Waals surface area (Å²) in [6.07, 6.45) is 1.91. The van der Waals surface area contributed by atoms with Crippen LogP contribution in [0.5, 0.6) is 5.75 Å². The summed E-state index contributed by atoms with van der Waals surface area (Å²) in [5.41, 5.74) is 2.48. The molecule has 0 radical (unpaired) electrons. The van der Waals surface area contributed by atoms with Crippen LogP contribution in [0.25, 0.3) is 0 Å². The highest BCUT2D eigenvalue weighted by molar-refractivity contribution is 9.10. The smallest absolute Gasteiger partial charge is 0.262 e. The third-order valence-electron chi connectivity index (χ3n) is 3.88. The van der Waals surface area contributed by atoms with Gasteiger partial charge in [-0.25, -0.2) is 0 Å². The predicted molar refractivity (Wildman–Crippen MR) is 101 cm³/mol. The molecule has 1 aliphatic carbocycles. The highest BCUT2D eigenvalue weighted by Gasteiger charge is 2.29. The van der Waals surface area contributed by atoms with Gasteiger partial charge < -0.3 is 15.4 Å². The van der Waals surface area contributed by atoms with E-state index in [2.05, 4.69) is 26.6 Å². The second-order valence-corrected chi connectivity index (χ2v) is 6.95. The number of hydrogen-bond acceptors (Lipinski definition) is 3. The highest BCUT2D eigenvalue weighted by atomic mass is 79.9. The Morgan fingerprint density at radius 2 is 1.88 bits per heavy atom. The minimum atomic E-state index is -0.247. The van der Waals surface area contributed by atoms with Crippen LogP contribution in [0, 0.1) is 12.8 Å². The average Bonchev–Trinajstić information content (AvgIpc) is 3.42. The Hall–Kier alpha value is -2.34. The summed E-state index contributed by atoms with van der Waals surface area (Å²) < 4.78 is 6.45. The fourth-order valence-electron chi connectivity index (χ4n) is 2.27. The van der Waals surface area contributed by atoms with Crippen molar-refractivity contribution in [1.82, 2.24) is 0 Å². The Bertz CT molecular complexity index is 803. The first kappa shape index (κ1) is 17.5. The molecule has 0 heterocycles. The minimum Gasteiger partial charge on any atom is -0.484 e. The van der Waals surface area contributed by atoms with Crippen molar-refractivity contribution in [2.45, 2.75) is 19.8 Å². The van der Waals surface area contributed by atoms with Gasteiger partial charge in [-0.3, -0.25) is 9.59 Å². The number of benzene rings is 2. The molecule has 130 valence electrons. The number of carbonyl (C=O) groups excluding carboxylic acids is 2. The van der Waals surface area contributed by atoms with Gasteiger partial charge in [0.05, 0.1) is 0 Å². The second kappa shape index (κ2) is 7.70. The number of rotatable bonds is 6. The van der Waals surface area contributed by atoms with E-state index in [0.29, 0.717) is 17.1 Å². The van der Waals surface area contributed by atoms with Crippen molar-refractivity contribution in [1.29, 1.82) is 0 Å². The Kier molecular flexibility index (Phi) is 5.38. The van der Waals surface area contributed by atoms with Gasteiger partial charge in [0.25, 0.3) is 5.91 Å². The number of halogens is 1. The Morgan fingerprint density at radius 1 is 1.12 bits per heavy atom. The van der Waals surface area contributed by atoms with Crippen molar-refractivity contribution in [2.24, 2.45) is 5.92 Å². The lowest BCUT2D eigenvalue weighted by molar-refractivity contribution is -0.118. The molecule has 0 aliphatic heterocycles. The fraction of sp³-hybridized carbons (Fsp3) is 0.263. The molecule has 0 spiro atoms. The van der Waals surface area contributed by atoms with Gasteiger partial charge in [-0.15, -0.1) is 0 Å². The van der Waals surface area contributed by atoms with Crippen LogP contribution >= 0.6 is 15.9 Å². The van der Waals surface area contributed by atoms with E-state index in [1.165, 1.54) is 0 Å². The van der Waals surface area contributed by atoms with Crippen molar-refractivity contribution >= 4 is 39.1 Å². The molecule has 1 aliphatic rings. The van der Waals surface area contributed by atoms with Crippen LogP contribution in [0.4, 0.5) is 11.4 Å². The zero-order valence-electron chi connectivity index (χ0n) is 13.8. The third kappa shape index (κ3) is 5.06. The van der Waals surface area contributed by atoms with Gasteiger partial charge in [0, 0.05) is 27.8 Å². The van der Waals surface area contributed by atoms with E-state index in [1.54, 1.807) is 24.3 Å². The monoisotopic (exact) mass is 402 g/mol. The Morgan fingerprint density at radius 3 is 2.60 bits per heavy atom. The lowest BCUT2D eigenvalue weighted by atomic mass is 10.2. The minimum absolute atomic E-state index is 0.0415. The summed E-state index contributed by atoms with van der Waals surface area (Å²) in [5, 5.41) is 5.65. The van der Waals surface area contributed by atoms with E-state index in [1.807, 2.05) is 25.1 Å². The van der Waals surface area contributed by atoms with Crippen LogP contribution in [-0.2, 0) is 9.59 Å². The van der Waals surface area contributed by atoms with Crippen LogP contribution in [0.15, 0.2) is 46.9 Å². The van der Waals surface area contributed by atoms with E-state index >= 15 is 0 Å². The molecule has 0 bridgehead atoms. The molecule has 2 amide bonds. The summed E-state index contributed by atoms with van der Waals surface area (Å²) >= 11 is 3.44. The van der Waals surface area contributed by atoms with Gasteiger partial charge in [0.15, 0.2) is 6.61 Å². The van der Waals surface area contributed by atoms with Crippen LogP contribution in [0.2, 0.25) is 0 Å². The topological polar surface area (TPSA) is 67.4 Å². The molecular formula is C19H19BrN2O3. The number of nitrogens with one attached hydrogen (secondary N) is 2. The molecule has 25 heavy (non-hydrogen) atoms. The second-order valence-electron chi connectivity index (χ2n) is 6.09. The first-order valence-electron chi connectivity index (χ1n) is 8.11. The van der Waals surface area contributed by atoms with Crippen LogP contribution < -0.4 is 15.4 Å². The summed E-state index contributed by atoms with van der Waals surface area (Å²) in [4.78, 5) is 23.8. The number of aryl methyl sites for hydroxylation is 1. The van der Waals surface area contributed by atoms with E-state index in [-0.39, 0.29) is 24.3 Å². The zero-order valence-corrected chi connectivity index (χ0v) is 15.4. The number of anilines is 2. The van der Waals surface area contributed by atoms with Gasteiger partial charge in [0.2, 0.25) is 5.91 Å². The van der Waals surface area contributed by atoms with Gasteiger partial charge in [-0.05, 0) is 49.6 Å².